The molecule has 0 radical (unpaired) electrons. The van der Waals surface area contributed by atoms with Gasteiger partial charge in [-0.1, -0.05) is 52.5 Å². The van der Waals surface area contributed by atoms with E-state index in [1.807, 2.05) is 19.2 Å². The first kappa shape index (κ1) is 33.2. The zero-order chi connectivity index (χ0) is 30.5. The number of rotatable bonds is 13. The van der Waals surface area contributed by atoms with Gasteiger partial charge in [-0.05, 0) is 74.0 Å². The summed E-state index contributed by atoms with van der Waals surface area (Å²) in [6, 6.07) is 8.36. The number of unbranched alkanes of at least 4 members (excludes halogenated alkanes) is 4. The summed E-state index contributed by atoms with van der Waals surface area (Å²) in [5, 5.41) is 48.4. The molecule has 0 unspecified atom stereocenters. The van der Waals surface area contributed by atoms with Gasteiger partial charge >= 0.3 is 0 Å². The second-order valence-electron chi connectivity index (χ2n) is 12.6. The summed E-state index contributed by atoms with van der Waals surface area (Å²) in [4.78, 5) is 3.52. The van der Waals surface area contributed by atoms with Crippen molar-refractivity contribution in [3.8, 4) is 24.3 Å². The molecule has 3 N–H and O–H groups in total. The Morgan fingerprint density at radius 1 is 0.780 bits per heavy atom. The molecular weight excluding hydrogens is 508 g/mol. The van der Waals surface area contributed by atoms with Gasteiger partial charge in [-0.25, -0.2) is 10.1 Å². The Labute approximate surface area is 246 Å². The molecule has 0 fully saturated rings. The lowest BCUT2D eigenvalue weighted by atomic mass is 9.70. The molecule has 2 aliphatic rings. The van der Waals surface area contributed by atoms with Gasteiger partial charge < -0.3 is 16.0 Å². The van der Waals surface area contributed by atoms with Crippen LogP contribution in [0.1, 0.15) is 91.9 Å². The van der Waals surface area contributed by atoms with Crippen molar-refractivity contribution >= 4 is 0 Å². The standard InChI is InChI=1S/C33H44N8/c1-32(2)16-24(28(22-36)26(17-32)25(20-34)21-35)12-10-8-7-9-11-13-40-29-19-33(3,4)18-27(30(23-37)39-6)31(29)41-15-14-38-5/h38,40-41H,7-19H2,1-5H3/b30-27+. The van der Waals surface area contributed by atoms with Crippen molar-refractivity contribution in [1.82, 2.24) is 16.0 Å². The molecule has 0 saturated carbocycles. The molecule has 0 heterocycles. The molecule has 0 aromatic rings. The summed E-state index contributed by atoms with van der Waals surface area (Å²) >= 11 is 0. The molecule has 0 atom stereocenters. The molecule has 2 aliphatic carbocycles. The molecule has 0 bridgehead atoms. The Balaban J connectivity index is 1.98. The van der Waals surface area contributed by atoms with Crippen LogP contribution in [-0.2, 0) is 0 Å². The van der Waals surface area contributed by atoms with E-state index in [9.17, 15) is 21.0 Å². The topological polar surface area (TPSA) is 136 Å². The molecule has 8 nitrogen and oxygen atoms in total. The second kappa shape index (κ2) is 15.7. The van der Waals surface area contributed by atoms with Gasteiger partial charge in [0.1, 0.15) is 17.7 Å². The van der Waals surface area contributed by atoms with Crippen molar-refractivity contribution in [2.24, 2.45) is 10.8 Å². The van der Waals surface area contributed by atoms with Gasteiger partial charge in [-0.15, -0.1) is 0 Å². The first-order valence-electron chi connectivity index (χ1n) is 14.6. The SMILES string of the molecule is [C-]#[N+]/C(C#N)=C1\CC(C)(C)CC(NCCCCCCCC2=C(C#N)C(=C(C#N)C#N)CC(C)(C)C2)=C1NCCNC. The van der Waals surface area contributed by atoms with Crippen molar-refractivity contribution in [3.63, 3.8) is 0 Å². The fourth-order valence-corrected chi connectivity index (χ4v) is 5.89. The predicted molar refractivity (Wildman–Crippen MR) is 161 cm³/mol. The monoisotopic (exact) mass is 552 g/mol. The van der Waals surface area contributed by atoms with Crippen molar-refractivity contribution in [1.29, 1.82) is 21.0 Å². The highest BCUT2D eigenvalue weighted by Crippen LogP contribution is 2.44. The Bertz CT molecular complexity index is 1270. The molecule has 0 spiro atoms. The predicted octanol–water partition coefficient (Wildman–Crippen LogP) is 6.44. The van der Waals surface area contributed by atoms with Gasteiger partial charge in [0.15, 0.2) is 0 Å². The Morgan fingerprint density at radius 2 is 1.41 bits per heavy atom. The lowest BCUT2D eigenvalue weighted by Gasteiger charge is -2.36. The largest absolute Gasteiger partial charge is 0.387 e. The van der Waals surface area contributed by atoms with Gasteiger partial charge in [0.25, 0.3) is 5.70 Å². The van der Waals surface area contributed by atoms with Crippen LogP contribution in [0.5, 0.6) is 0 Å². The summed E-state index contributed by atoms with van der Waals surface area (Å²) in [5.41, 5.74) is 5.17. The van der Waals surface area contributed by atoms with Crippen LogP contribution in [-0.4, -0.2) is 26.7 Å². The smallest absolute Gasteiger partial charge is 0.267 e. The van der Waals surface area contributed by atoms with Gasteiger partial charge in [0.2, 0.25) is 0 Å². The third-order valence-corrected chi connectivity index (χ3v) is 7.73. The fraction of sp³-hybridized carbons (Fsp3) is 0.606. The first-order valence-corrected chi connectivity index (χ1v) is 14.6. The quantitative estimate of drug-likeness (QED) is 0.136. The minimum Gasteiger partial charge on any atom is -0.387 e. The first-order chi connectivity index (χ1) is 19.6. The number of likely N-dealkylation sites (N-methyl/N-ethyl adjacent to an activating group) is 1. The highest BCUT2D eigenvalue weighted by Gasteiger charge is 2.33. The maximum absolute atomic E-state index is 9.82. The van der Waals surface area contributed by atoms with Gasteiger partial charge in [-0.3, -0.25) is 0 Å². The molecular formula is C33H44N8. The minimum absolute atomic E-state index is 0.0421. The normalized spacial score (nSPS) is 18.8. The maximum atomic E-state index is 9.82. The number of nitrogens with one attached hydrogen (secondary N) is 3. The van der Waals surface area contributed by atoms with E-state index in [0.29, 0.717) is 30.5 Å². The second-order valence-corrected chi connectivity index (χ2v) is 12.6. The molecule has 2 rings (SSSR count). The van der Waals surface area contributed by atoms with Gasteiger partial charge in [-0.2, -0.15) is 15.8 Å². The average molecular weight is 553 g/mol. The van der Waals surface area contributed by atoms with E-state index >= 15 is 0 Å². The summed E-state index contributed by atoms with van der Waals surface area (Å²) in [7, 11) is 1.90. The molecule has 0 amide bonds. The maximum Gasteiger partial charge on any atom is 0.267 e. The van der Waals surface area contributed by atoms with Crippen LogP contribution in [0.2, 0.25) is 0 Å². The molecule has 0 aliphatic heterocycles. The zero-order valence-electron chi connectivity index (χ0n) is 25.4. The highest BCUT2D eigenvalue weighted by atomic mass is 15.0. The number of nitriles is 4. The minimum atomic E-state index is -0.0728. The summed E-state index contributed by atoms with van der Waals surface area (Å²) in [6.07, 6.45) is 8.98. The zero-order valence-corrected chi connectivity index (χ0v) is 25.4. The summed E-state index contributed by atoms with van der Waals surface area (Å²) in [5.74, 6) is 0. The van der Waals surface area contributed by atoms with Crippen molar-refractivity contribution in [3.05, 3.63) is 56.4 Å². The molecule has 216 valence electrons. The van der Waals surface area contributed by atoms with Crippen molar-refractivity contribution in [2.75, 3.05) is 26.7 Å². The van der Waals surface area contributed by atoms with E-state index in [1.54, 1.807) is 0 Å². The van der Waals surface area contributed by atoms with Crippen LogP contribution in [0.4, 0.5) is 0 Å². The number of hydrogen-bond acceptors (Lipinski definition) is 7. The summed E-state index contributed by atoms with van der Waals surface area (Å²) < 4.78 is 0. The van der Waals surface area contributed by atoms with Gasteiger partial charge in [0.05, 0.1) is 24.3 Å². The number of nitrogens with zero attached hydrogens (tertiary/aromatic N) is 5. The Hall–Kier alpha value is -4.03. The van der Waals surface area contributed by atoms with Crippen molar-refractivity contribution in [2.45, 2.75) is 91.9 Å². The molecule has 0 saturated heterocycles. The van der Waals surface area contributed by atoms with Crippen LogP contribution in [0.25, 0.3) is 4.85 Å². The van der Waals surface area contributed by atoms with E-state index in [-0.39, 0.29) is 22.1 Å². The molecule has 0 aromatic heterocycles. The van der Waals surface area contributed by atoms with E-state index in [2.05, 4.69) is 60.6 Å². The Morgan fingerprint density at radius 3 is 2.02 bits per heavy atom. The van der Waals surface area contributed by atoms with Crippen LogP contribution in [0, 0.1) is 62.7 Å². The van der Waals surface area contributed by atoms with Crippen LogP contribution in [0.3, 0.4) is 0 Å². The van der Waals surface area contributed by atoms with E-state index in [0.717, 1.165) is 87.0 Å². The lowest BCUT2D eigenvalue weighted by molar-refractivity contribution is 0.331. The lowest BCUT2D eigenvalue weighted by Crippen LogP contribution is -2.35. The Kier molecular flexibility index (Phi) is 12.7. The third-order valence-electron chi connectivity index (χ3n) is 7.73. The van der Waals surface area contributed by atoms with E-state index in [4.69, 9.17) is 6.57 Å². The van der Waals surface area contributed by atoms with Crippen LogP contribution in [0.15, 0.2) is 45.0 Å². The number of hydrogen-bond donors (Lipinski definition) is 3. The average Bonchev–Trinajstić information content (AvgIpc) is 2.92. The van der Waals surface area contributed by atoms with Crippen molar-refractivity contribution < 1.29 is 0 Å². The van der Waals surface area contributed by atoms with Crippen LogP contribution < -0.4 is 16.0 Å². The van der Waals surface area contributed by atoms with Gasteiger partial charge in [0, 0.05) is 31.0 Å². The van der Waals surface area contributed by atoms with E-state index in [1.165, 1.54) is 0 Å². The molecule has 0 aromatic carbocycles. The molecule has 41 heavy (non-hydrogen) atoms. The third kappa shape index (κ3) is 9.54. The van der Waals surface area contributed by atoms with E-state index < -0.39 is 0 Å². The summed E-state index contributed by atoms with van der Waals surface area (Å²) in [6.45, 7) is 18.5. The van der Waals surface area contributed by atoms with Crippen LogP contribution >= 0.6 is 0 Å². The fourth-order valence-electron chi connectivity index (χ4n) is 5.89. The molecule has 8 heteroatoms. The highest BCUT2D eigenvalue weighted by molar-refractivity contribution is 5.57. The number of allylic oxidation sites excluding steroid dienone is 7.